The Kier molecular flexibility index (Phi) is 5.41. The van der Waals surface area contributed by atoms with Crippen molar-refractivity contribution in [3.05, 3.63) is 0 Å². The minimum atomic E-state index is -1.40. The summed E-state index contributed by atoms with van der Waals surface area (Å²) in [4.78, 5) is 32.6. The largest absolute Gasteiger partial charge is 0.481 e. The van der Waals surface area contributed by atoms with E-state index in [1.165, 1.54) is 0 Å². The molecule has 0 radical (unpaired) electrons. The maximum absolute atomic E-state index is 11.4. The Hall–Kier alpha value is -1.79. The van der Waals surface area contributed by atoms with E-state index in [1.54, 1.807) is 0 Å². The average Bonchev–Trinajstić information content (AvgIpc) is 2.77. The first-order valence-corrected chi connectivity index (χ1v) is 5.98. The van der Waals surface area contributed by atoms with Crippen LogP contribution in [0, 0.1) is 5.92 Å². The standard InChI is InChI=1S/C11H18N2O5/c14-9(15)5-8(10(16)17)13-11(18)12-6-7-3-1-2-4-7/h7-8H,1-6H2,(H,14,15)(H,16,17)(H2,12,13,18)/t8-/m1/s1. The van der Waals surface area contributed by atoms with Gasteiger partial charge in [0.2, 0.25) is 0 Å². The van der Waals surface area contributed by atoms with E-state index in [0.717, 1.165) is 25.7 Å². The van der Waals surface area contributed by atoms with Crippen LogP contribution in [0.3, 0.4) is 0 Å². The molecule has 0 bridgehead atoms. The third-order valence-electron chi connectivity index (χ3n) is 3.01. The molecular formula is C11H18N2O5. The number of carbonyl (C=O) groups is 3. The van der Waals surface area contributed by atoms with E-state index < -0.39 is 30.4 Å². The number of carboxylic acids is 2. The molecule has 0 aliphatic heterocycles. The molecule has 1 aliphatic carbocycles. The number of hydrogen-bond acceptors (Lipinski definition) is 3. The van der Waals surface area contributed by atoms with Crippen LogP contribution in [0.1, 0.15) is 32.1 Å². The zero-order chi connectivity index (χ0) is 13.5. The van der Waals surface area contributed by atoms with Gasteiger partial charge < -0.3 is 20.8 Å². The number of nitrogens with one attached hydrogen (secondary N) is 2. The van der Waals surface area contributed by atoms with Gasteiger partial charge in [-0.1, -0.05) is 12.8 Å². The molecule has 0 spiro atoms. The summed E-state index contributed by atoms with van der Waals surface area (Å²) in [6.45, 7) is 0.505. The molecule has 102 valence electrons. The van der Waals surface area contributed by atoms with Gasteiger partial charge >= 0.3 is 18.0 Å². The number of amides is 2. The fourth-order valence-corrected chi connectivity index (χ4v) is 2.04. The van der Waals surface area contributed by atoms with E-state index in [9.17, 15) is 14.4 Å². The van der Waals surface area contributed by atoms with Gasteiger partial charge in [-0.3, -0.25) is 4.79 Å². The molecule has 1 atom stereocenters. The number of urea groups is 1. The molecule has 18 heavy (non-hydrogen) atoms. The van der Waals surface area contributed by atoms with Crippen LogP contribution in [-0.2, 0) is 9.59 Å². The van der Waals surface area contributed by atoms with Gasteiger partial charge in [-0.25, -0.2) is 9.59 Å². The molecule has 7 heteroatoms. The maximum Gasteiger partial charge on any atom is 0.326 e. The van der Waals surface area contributed by atoms with E-state index in [-0.39, 0.29) is 0 Å². The summed E-state index contributed by atoms with van der Waals surface area (Å²) >= 11 is 0. The van der Waals surface area contributed by atoms with E-state index >= 15 is 0 Å². The van der Waals surface area contributed by atoms with Crippen LogP contribution in [0.25, 0.3) is 0 Å². The van der Waals surface area contributed by atoms with Crippen molar-refractivity contribution < 1.29 is 24.6 Å². The first-order valence-electron chi connectivity index (χ1n) is 5.98. The van der Waals surface area contributed by atoms with Gasteiger partial charge in [-0.2, -0.15) is 0 Å². The van der Waals surface area contributed by atoms with E-state index in [4.69, 9.17) is 10.2 Å². The Morgan fingerprint density at radius 1 is 1.17 bits per heavy atom. The lowest BCUT2D eigenvalue weighted by Gasteiger charge is -2.15. The molecular weight excluding hydrogens is 240 g/mol. The van der Waals surface area contributed by atoms with Crippen LogP contribution in [0.5, 0.6) is 0 Å². The predicted octanol–water partition coefficient (Wildman–Crippen LogP) is 0.404. The second-order valence-electron chi connectivity index (χ2n) is 4.49. The second kappa shape index (κ2) is 6.83. The fraction of sp³-hybridized carbons (Fsp3) is 0.727. The third-order valence-corrected chi connectivity index (χ3v) is 3.01. The summed E-state index contributed by atoms with van der Waals surface area (Å²) in [6, 6.07) is -2.03. The van der Waals surface area contributed by atoms with Crippen LogP contribution in [0.4, 0.5) is 4.79 Å². The highest BCUT2D eigenvalue weighted by Gasteiger charge is 2.23. The van der Waals surface area contributed by atoms with Crippen molar-refractivity contribution >= 4 is 18.0 Å². The molecule has 4 N–H and O–H groups in total. The zero-order valence-electron chi connectivity index (χ0n) is 10.0. The number of rotatable bonds is 6. The summed E-state index contributed by atoms with van der Waals surface area (Å²) in [6.07, 6.45) is 3.82. The second-order valence-corrected chi connectivity index (χ2v) is 4.49. The summed E-state index contributed by atoms with van der Waals surface area (Å²) in [5.41, 5.74) is 0. The third kappa shape index (κ3) is 5.03. The highest BCUT2D eigenvalue weighted by atomic mass is 16.4. The molecule has 1 aliphatic rings. The minimum absolute atomic E-state index is 0.443. The summed E-state index contributed by atoms with van der Waals surface area (Å²) in [5, 5.41) is 22.0. The van der Waals surface area contributed by atoms with E-state index in [1.807, 2.05) is 0 Å². The summed E-state index contributed by atoms with van der Waals surface area (Å²) in [5.74, 6) is -2.18. The molecule has 0 unspecified atom stereocenters. The lowest BCUT2D eigenvalue weighted by atomic mass is 10.1. The van der Waals surface area contributed by atoms with Crippen LogP contribution in [-0.4, -0.2) is 40.8 Å². The molecule has 0 aromatic carbocycles. The minimum Gasteiger partial charge on any atom is -0.481 e. The van der Waals surface area contributed by atoms with Gasteiger partial charge in [0.1, 0.15) is 6.04 Å². The highest BCUT2D eigenvalue weighted by molar-refractivity contribution is 5.86. The van der Waals surface area contributed by atoms with Crippen molar-refractivity contribution in [2.45, 2.75) is 38.1 Å². The number of carbonyl (C=O) groups excluding carboxylic acids is 1. The highest BCUT2D eigenvalue weighted by Crippen LogP contribution is 2.23. The van der Waals surface area contributed by atoms with Crippen LogP contribution in [0.2, 0.25) is 0 Å². The SMILES string of the molecule is O=C(O)C[C@@H](NC(=O)NCC1CCCC1)C(=O)O. The fourth-order valence-electron chi connectivity index (χ4n) is 2.04. The quantitative estimate of drug-likeness (QED) is 0.550. The Morgan fingerprint density at radius 3 is 2.28 bits per heavy atom. The zero-order valence-corrected chi connectivity index (χ0v) is 10.0. The monoisotopic (exact) mass is 258 g/mol. The molecule has 1 rings (SSSR count). The molecule has 2 amide bonds. The predicted molar refractivity (Wildman–Crippen MR) is 62.2 cm³/mol. The molecule has 0 saturated heterocycles. The first-order chi connectivity index (χ1) is 8.49. The van der Waals surface area contributed by atoms with Crippen molar-refractivity contribution in [2.24, 2.45) is 5.92 Å². The van der Waals surface area contributed by atoms with Crippen LogP contribution < -0.4 is 10.6 Å². The van der Waals surface area contributed by atoms with Gasteiger partial charge in [0.15, 0.2) is 0 Å². The molecule has 1 saturated carbocycles. The van der Waals surface area contributed by atoms with Crippen LogP contribution >= 0.6 is 0 Å². The topological polar surface area (TPSA) is 116 Å². The number of aliphatic carboxylic acids is 2. The van der Waals surface area contributed by atoms with E-state index in [0.29, 0.717) is 12.5 Å². The van der Waals surface area contributed by atoms with Crippen LogP contribution in [0.15, 0.2) is 0 Å². The van der Waals surface area contributed by atoms with E-state index in [2.05, 4.69) is 10.6 Å². The smallest absolute Gasteiger partial charge is 0.326 e. The van der Waals surface area contributed by atoms with Crippen molar-refractivity contribution in [3.8, 4) is 0 Å². The Morgan fingerprint density at radius 2 is 1.78 bits per heavy atom. The Balaban J connectivity index is 2.31. The maximum atomic E-state index is 11.4. The normalized spacial score (nSPS) is 17.1. The van der Waals surface area contributed by atoms with Gasteiger partial charge in [-0.15, -0.1) is 0 Å². The van der Waals surface area contributed by atoms with Gasteiger partial charge in [0.25, 0.3) is 0 Å². The van der Waals surface area contributed by atoms with Crippen molar-refractivity contribution in [2.75, 3.05) is 6.54 Å². The number of hydrogen-bond donors (Lipinski definition) is 4. The van der Waals surface area contributed by atoms with Gasteiger partial charge in [-0.05, 0) is 18.8 Å². The number of carboxylic acid groups (broad SMARTS) is 2. The van der Waals surface area contributed by atoms with Gasteiger partial charge in [0, 0.05) is 6.54 Å². The van der Waals surface area contributed by atoms with Crippen molar-refractivity contribution in [3.63, 3.8) is 0 Å². The van der Waals surface area contributed by atoms with Crippen molar-refractivity contribution in [1.29, 1.82) is 0 Å². The lowest BCUT2D eigenvalue weighted by Crippen LogP contribution is -2.47. The summed E-state index contributed by atoms with van der Waals surface area (Å²) < 4.78 is 0. The van der Waals surface area contributed by atoms with Gasteiger partial charge in [0.05, 0.1) is 6.42 Å². The molecule has 7 nitrogen and oxygen atoms in total. The lowest BCUT2D eigenvalue weighted by molar-refractivity contribution is -0.145. The average molecular weight is 258 g/mol. The summed E-state index contributed by atoms with van der Waals surface area (Å²) in [7, 11) is 0. The Labute approximate surface area is 105 Å². The first kappa shape index (κ1) is 14.3. The van der Waals surface area contributed by atoms with Crippen molar-refractivity contribution in [1.82, 2.24) is 10.6 Å². The molecule has 0 aromatic rings. The molecule has 0 heterocycles. The molecule has 1 fully saturated rings. The Bertz CT molecular complexity index is 325. The molecule has 0 aromatic heterocycles.